The van der Waals surface area contributed by atoms with Crippen LogP contribution in [0.1, 0.15) is 142 Å². The molecule has 0 bridgehead atoms. The molecule has 418 valence electrons. The lowest BCUT2D eigenvalue weighted by molar-refractivity contribution is -0.161. The van der Waals surface area contributed by atoms with E-state index >= 15 is 0 Å². The molecule has 1 aromatic heterocycles. The number of carbonyl (C=O) groups is 3. The number of aliphatic hydroxyl groups excluding tert-OH is 2. The number of unbranched alkanes of at least 4 members (excludes halogenated alkanes) is 6. The van der Waals surface area contributed by atoms with E-state index in [2.05, 4.69) is 83.9 Å². The first-order valence-corrected chi connectivity index (χ1v) is 28.8. The summed E-state index contributed by atoms with van der Waals surface area (Å²) in [6, 6.07) is 1.24. The molecule has 0 aromatic carbocycles. The maximum absolute atomic E-state index is 12.9. The summed E-state index contributed by atoms with van der Waals surface area (Å²) in [6.07, 6.45) is 43.0. The van der Waals surface area contributed by atoms with Gasteiger partial charge in [-0.05, 0) is 95.6 Å². The number of nitrogens with two attached hydrogens (primary N) is 1. The van der Waals surface area contributed by atoms with Gasteiger partial charge in [-0.2, -0.15) is 9.29 Å². The minimum atomic E-state index is -5.46. The van der Waals surface area contributed by atoms with Crippen molar-refractivity contribution in [3.8, 4) is 0 Å². The van der Waals surface area contributed by atoms with Crippen molar-refractivity contribution in [2.45, 2.75) is 166 Å². The van der Waals surface area contributed by atoms with Crippen molar-refractivity contribution in [3.05, 3.63) is 132 Å². The Balaban J connectivity index is 1.85. The van der Waals surface area contributed by atoms with Gasteiger partial charge >= 0.3 is 33.3 Å². The number of rotatable bonds is 41. The Hall–Kier alpha value is -4.91. The molecule has 0 saturated carbocycles. The molecular formula is C54H81N3O16P2. The van der Waals surface area contributed by atoms with Crippen molar-refractivity contribution in [2.24, 2.45) is 0 Å². The number of ketones is 1. The Bertz CT molecular complexity index is 2250. The van der Waals surface area contributed by atoms with Gasteiger partial charge in [-0.1, -0.05) is 136 Å². The number of aromatic nitrogens is 2. The summed E-state index contributed by atoms with van der Waals surface area (Å²) in [6.45, 7) is 1.77. The third kappa shape index (κ3) is 33.0. The van der Waals surface area contributed by atoms with E-state index in [0.29, 0.717) is 44.9 Å². The molecule has 7 atom stereocenters. The molecule has 2 unspecified atom stereocenters. The predicted molar refractivity (Wildman–Crippen MR) is 289 cm³/mol. The number of phosphoric acid groups is 2. The van der Waals surface area contributed by atoms with Gasteiger partial charge in [0.05, 0.1) is 13.2 Å². The average Bonchev–Trinajstić information content (AvgIpc) is 3.64. The monoisotopic (exact) mass is 1090 g/mol. The van der Waals surface area contributed by atoms with Crippen LogP contribution in [-0.2, 0) is 51.1 Å². The lowest BCUT2D eigenvalue weighted by Crippen LogP contribution is -2.36. The van der Waals surface area contributed by atoms with Crippen molar-refractivity contribution in [1.29, 1.82) is 0 Å². The Morgan fingerprint density at radius 3 is 1.87 bits per heavy atom. The Morgan fingerprint density at radius 2 is 1.25 bits per heavy atom. The highest BCUT2D eigenvalue weighted by Crippen LogP contribution is 2.60. The molecule has 21 heteroatoms. The number of anilines is 1. The zero-order chi connectivity index (χ0) is 55.0. The molecule has 75 heavy (non-hydrogen) atoms. The molecule has 19 nitrogen and oxygen atoms in total. The lowest BCUT2D eigenvalue weighted by Gasteiger charge is -2.21. The Kier molecular flexibility index (Phi) is 35.6. The molecule has 0 spiro atoms. The topological polar surface area (TPSA) is 283 Å². The normalized spacial score (nSPS) is 19.6. The highest BCUT2D eigenvalue weighted by molar-refractivity contribution is 7.61. The summed E-state index contributed by atoms with van der Waals surface area (Å²) in [5.74, 6) is -1.33. The number of nitrogens with zero attached hydrogens (tertiary/aromatic N) is 2. The first-order valence-electron chi connectivity index (χ1n) is 25.9. The highest BCUT2D eigenvalue weighted by atomic mass is 31.3. The van der Waals surface area contributed by atoms with Gasteiger partial charge in [0.2, 0.25) is 0 Å². The minimum absolute atomic E-state index is 0.0104. The fraction of sp³-hybridized carbons (Fsp3) is 0.537. The second-order valence-corrected chi connectivity index (χ2v) is 20.4. The van der Waals surface area contributed by atoms with Crippen LogP contribution in [0.4, 0.5) is 5.82 Å². The van der Waals surface area contributed by atoms with Crippen LogP contribution in [0.15, 0.2) is 126 Å². The summed E-state index contributed by atoms with van der Waals surface area (Å²) in [4.78, 5) is 73.7. The molecule has 0 radical (unpaired) electrons. The maximum Gasteiger partial charge on any atom is 0.481 e. The van der Waals surface area contributed by atoms with Crippen LogP contribution in [0, 0.1) is 0 Å². The van der Waals surface area contributed by atoms with Crippen molar-refractivity contribution < 1.29 is 71.1 Å². The van der Waals surface area contributed by atoms with E-state index in [4.69, 9.17) is 29.0 Å². The van der Waals surface area contributed by atoms with E-state index in [1.54, 1.807) is 12.2 Å². The van der Waals surface area contributed by atoms with Gasteiger partial charge in [0.15, 0.2) is 18.1 Å². The minimum Gasteiger partial charge on any atom is -0.462 e. The lowest BCUT2D eigenvalue weighted by atomic mass is 10.1. The van der Waals surface area contributed by atoms with E-state index in [1.165, 1.54) is 6.07 Å². The molecule has 1 saturated heterocycles. The van der Waals surface area contributed by atoms with Crippen molar-refractivity contribution in [2.75, 3.05) is 25.6 Å². The number of aliphatic hydroxyl groups is 2. The number of ether oxygens (including phenoxy) is 3. The molecule has 2 heterocycles. The van der Waals surface area contributed by atoms with E-state index in [1.807, 2.05) is 36.5 Å². The second-order valence-electron chi connectivity index (χ2n) is 17.3. The molecule has 6 N–H and O–H groups in total. The first kappa shape index (κ1) is 66.2. The molecule has 1 aromatic rings. The molecule has 1 aliphatic rings. The predicted octanol–water partition coefficient (Wildman–Crippen LogP) is 10.2. The number of hydrogen-bond donors (Lipinski definition) is 5. The summed E-state index contributed by atoms with van der Waals surface area (Å²) < 4.78 is 56.7. The molecule has 1 aliphatic heterocycles. The van der Waals surface area contributed by atoms with E-state index in [-0.39, 0.29) is 24.4 Å². The van der Waals surface area contributed by atoms with Crippen LogP contribution in [0.25, 0.3) is 0 Å². The van der Waals surface area contributed by atoms with Crippen LogP contribution < -0.4 is 11.4 Å². The molecule has 2 rings (SSSR count). The first-order chi connectivity index (χ1) is 36.1. The maximum atomic E-state index is 12.9. The van der Waals surface area contributed by atoms with Crippen LogP contribution in [0.5, 0.6) is 0 Å². The van der Waals surface area contributed by atoms with E-state index in [9.17, 15) is 48.3 Å². The van der Waals surface area contributed by atoms with Gasteiger partial charge in [-0.25, -0.2) is 13.9 Å². The van der Waals surface area contributed by atoms with Crippen LogP contribution in [0.2, 0.25) is 0 Å². The molecule has 0 amide bonds. The van der Waals surface area contributed by atoms with E-state index < -0.39 is 83.7 Å². The number of carbonyl (C=O) groups excluding carboxylic acids is 3. The van der Waals surface area contributed by atoms with Gasteiger partial charge in [0.1, 0.15) is 30.7 Å². The summed E-state index contributed by atoms with van der Waals surface area (Å²) >= 11 is 0. The van der Waals surface area contributed by atoms with E-state index in [0.717, 1.165) is 75.0 Å². The fourth-order valence-corrected chi connectivity index (χ4v) is 8.93. The SMILES string of the molecule is CC/C=C\C/C=C\C/C=C\C/C=C\C/C=C\CCCCCC(=O)O[C@H](COC(=O)CCC/C=C\C/C=C\C/C=C\C=C\C(=O)CCCCC)COP(=O)(O)OP(=O)(O)OC[C@H]1O[C@@H](n2ccc(N)nc2=O)[C@H](O)[C@@H]1O. The zero-order valence-electron chi connectivity index (χ0n) is 43.5. The van der Waals surface area contributed by atoms with Crippen molar-refractivity contribution >= 4 is 39.2 Å². The van der Waals surface area contributed by atoms with Gasteiger partial charge in [0, 0.05) is 25.5 Å². The number of hydrogen-bond acceptors (Lipinski definition) is 16. The average molecular weight is 1090 g/mol. The largest absolute Gasteiger partial charge is 0.481 e. The number of phosphoric ester groups is 2. The zero-order valence-corrected chi connectivity index (χ0v) is 45.3. The fourth-order valence-electron chi connectivity index (χ4n) is 6.82. The number of esters is 2. The third-order valence-corrected chi connectivity index (χ3v) is 13.4. The van der Waals surface area contributed by atoms with Crippen LogP contribution >= 0.6 is 15.6 Å². The quantitative estimate of drug-likeness (QED) is 0.0102. The van der Waals surface area contributed by atoms with Gasteiger partial charge in [-0.3, -0.25) is 28.0 Å². The van der Waals surface area contributed by atoms with Crippen LogP contribution in [0.3, 0.4) is 0 Å². The summed E-state index contributed by atoms with van der Waals surface area (Å²) in [5.41, 5.74) is 4.57. The summed E-state index contributed by atoms with van der Waals surface area (Å²) in [5, 5.41) is 20.9. The number of allylic oxidation sites excluding steroid dienone is 18. The highest BCUT2D eigenvalue weighted by Gasteiger charge is 2.46. The number of nitrogen functional groups attached to an aromatic ring is 1. The Morgan fingerprint density at radius 1 is 0.693 bits per heavy atom. The summed E-state index contributed by atoms with van der Waals surface area (Å²) in [7, 11) is -10.9. The van der Waals surface area contributed by atoms with Crippen LogP contribution in [-0.4, -0.2) is 91.5 Å². The Labute approximate surface area is 442 Å². The van der Waals surface area contributed by atoms with Crippen molar-refractivity contribution in [1.82, 2.24) is 9.55 Å². The smallest absolute Gasteiger partial charge is 0.462 e. The van der Waals surface area contributed by atoms with Crippen molar-refractivity contribution in [3.63, 3.8) is 0 Å². The molecular weight excluding hydrogens is 1010 g/mol. The second kappa shape index (κ2) is 40.4. The van der Waals surface area contributed by atoms with Gasteiger partial charge in [-0.15, -0.1) is 0 Å². The molecule has 0 aliphatic carbocycles. The van der Waals surface area contributed by atoms with Gasteiger partial charge < -0.3 is 39.9 Å². The molecule has 1 fully saturated rings. The third-order valence-electron chi connectivity index (χ3n) is 10.8. The van der Waals surface area contributed by atoms with Gasteiger partial charge in [0.25, 0.3) is 0 Å². The standard InChI is InChI=1S/C54H81N3O16P2/c1-3-5-7-8-9-10-11-12-13-14-15-16-17-18-21-25-28-31-35-39-50(60)71-46(42-68-49(59)38-34-30-27-24-22-19-20-23-26-29-33-37-45(58)36-32-6-4-2)43-69-74(64,65)73-75(66,67)70-44-47-51(61)52(62)53(72-47)57-41-40-48(55)56-54(57)63/h5,7,9-10,12-13,15-16,18-21,24,26-27,29,33,37,40-41,46-47,51-53,61-62H,3-4,6,8,11,14,17,22-23,25,28,30-32,34-36,38-39,42-44H2,1-2H3,(H,64,65)(H,66,67)(H2,55,56,63)/b7-5-,10-9-,13-12-,16-15-,20-19-,21-18-,27-24-,29-26-,37-33+/t46-,47-,51-,52-,53-/m1/s1.